The zero-order chi connectivity index (χ0) is 16.4. The van der Waals surface area contributed by atoms with Crippen molar-refractivity contribution in [3.8, 4) is 5.75 Å². The van der Waals surface area contributed by atoms with Gasteiger partial charge in [0.15, 0.2) is 6.79 Å². The zero-order valence-corrected chi connectivity index (χ0v) is 15.3. The fraction of sp³-hybridized carbons (Fsp3) is 0.444. The van der Waals surface area contributed by atoms with Gasteiger partial charge >= 0.3 is 0 Å². The van der Waals surface area contributed by atoms with E-state index < -0.39 is 0 Å². The highest BCUT2D eigenvalue weighted by Gasteiger charge is 2.20. The Balaban J connectivity index is 1.86. The van der Waals surface area contributed by atoms with Crippen molar-refractivity contribution in [2.75, 3.05) is 6.79 Å². The van der Waals surface area contributed by atoms with E-state index in [1.807, 2.05) is 23.5 Å². The molecule has 1 aliphatic rings. The summed E-state index contributed by atoms with van der Waals surface area (Å²) in [6.45, 7) is 9.26. The minimum absolute atomic E-state index is 0.313. The zero-order valence-electron chi connectivity index (χ0n) is 13.8. The molecule has 0 N–H and O–H groups in total. The minimum atomic E-state index is 0.313. The summed E-state index contributed by atoms with van der Waals surface area (Å²) < 4.78 is 11.1. The van der Waals surface area contributed by atoms with Crippen molar-refractivity contribution in [1.82, 2.24) is 4.90 Å². The first-order valence-corrected chi connectivity index (χ1v) is 9.09. The van der Waals surface area contributed by atoms with Crippen molar-refractivity contribution in [2.45, 2.75) is 46.5 Å². The van der Waals surface area contributed by atoms with Gasteiger partial charge in [-0.25, -0.2) is 0 Å². The molecule has 0 amide bonds. The van der Waals surface area contributed by atoms with Crippen LogP contribution in [0.15, 0.2) is 23.6 Å². The monoisotopic (exact) mass is 351 g/mol. The molecule has 0 aliphatic carbocycles. The summed E-state index contributed by atoms with van der Waals surface area (Å²) in [4.78, 5) is 3.86. The minimum Gasteiger partial charge on any atom is -0.467 e. The summed E-state index contributed by atoms with van der Waals surface area (Å²) in [7, 11) is 0. The van der Waals surface area contributed by atoms with Gasteiger partial charge in [0.05, 0.1) is 6.61 Å². The highest BCUT2D eigenvalue weighted by molar-refractivity contribution is 7.10. The maximum absolute atomic E-state index is 6.29. The molecule has 0 unspecified atom stereocenters. The fourth-order valence-electron chi connectivity index (χ4n) is 2.76. The molecule has 2 heterocycles. The molecule has 2 aromatic rings. The molecule has 0 bridgehead atoms. The number of hydrogen-bond acceptors (Lipinski definition) is 4. The number of aryl methyl sites for hydroxylation is 1. The Labute approximate surface area is 146 Å². The number of halogens is 1. The van der Waals surface area contributed by atoms with Gasteiger partial charge in [0.2, 0.25) is 0 Å². The number of thiophene rings is 1. The maximum atomic E-state index is 6.29. The van der Waals surface area contributed by atoms with Crippen LogP contribution >= 0.6 is 22.9 Å². The number of rotatable bonds is 5. The van der Waals surface area contributed by atoms with Crippen LogP contribution in [0, 0.1) is 6.92 Å². The summed E-state index contributed by atoms with van der Waals surface area (Å²) >= 11 is 8.10. The number of nitrogens with zero attached hydrogens (tertiary/aromatic N) is 1. The van der Waals surface area contributed by atoms with Crippen LogP contribution in [0.2, 0.25) is 5.02 Å². The molecule has 0 radical (unpaired) electrons. The van der Waals surface area contributed by atoms with Crippen molar-refractivity contribution >= 4 is 22.9 Å². The SMILES string of the molecule is Cc1ccsc1CN(Cc1cc(Cl)cc2c1OCOC2)C(C)C. The van der Waals surface area contributed by atoms with Crippen molar-refractivity contribution in [2.24, 2.45) is 0 Å². The van der Waals surface area contributed by atoms with Gasteiger partial charge < -0.3 is 9.47 Å². The predicted molar refractivity (Wildman–Crippen MR) is 95.2 cm³/mol. The van der Waals surface area contributed by atoms with E-state index in [1.165, 1.54) is 10.4 Å². The quantitative estimate of drug-likeness (QED) is 0.757. The number of fused-ring (bicyclic) bond motifs is 1. The van der Waals surface area contributed by atoms with Gasteiger partial charge in [-0.2, -0.15) is 0 Å². The standard InChI is InChI=1S/C18H22ClNO2S/c1-12(2)20(9-17-13(3)4-5-23-17)8-14-6-16(19)7-15-10-21-11-22-18(14)15/h4-7,12H,8-11H2,1-3H3. The second-order valence-electron chi connectivity index (χ2n) is 6.19. The lowest BCUT2D eigenvalue weighted by Crippen LogP contribution is -2.30. The summed E-state index contributed by atoms with van der Waals surface area (Å²) in [6.07, 6.45) is 0. The molecule has 1 aromatic carbocycles. The summed E-state index contributed by atoms with van der Waals surface area (Å²) in [5.74, 6) is 0.939. The Morgan fingerprint density at radius 3 is 2.83 bits per heavy atom. The van der Waals surface area contributed by atoms with Gasteiger partial charge in [0.25, 0.3) is 0 Å². The normalized spacial score (nSPS) is 14.2. The Kier molecular flexibility index (Phi) is 5.27. The molecule has 0 saturated carbocycles. The summed E-state index contributed by atoms with van der Waals surface area (Å²) in [5.41, 5.74) is 3.53. The lowest BCUT2D eigenvalue weighted by Gasteiger charge is -2.29. The Morgan fingerprint density at radius 2 is 2.13 bits per heavy atom. The van der Waals surface area contributed by atoms with E-state index >= 15 is 0 Å². The van der Waals surface area contributed by atoms with E-state index in [9.17, 15) is 0 Å². The predicted octanol–water partition coefficient (Wildman–Crippen LogP) is 4.99. The molecule has 0 atom stereocenters. The van der Waals surface area contributed by atoms with Gasteiger partial charge in [-0.1, -0.05) is 11.6 Å². The molecule has 23 heavy (non-hydrogen) atoms. The molecule has 1 aliphatic heterocycles. The van der Waals surface area contributed by atoms with E-state index in [2.05, 4.69) is 37.1 Å². The Bertz CT molecular complexity index is 684. The van der Waals surface area contributed by atoms with Crippen LogP contribution in [-0.2, 0) is 24.4 Å². The second kappa shape index (κ2) is 7.22. The van der Waals surface area contributed by atoms with Crippen LogP contribution in [0.4, 0.5) is 0 Å². The highest BCUT2D eigenvalue weighted by Crippen LogP contribution is 2.33. The Hall–Kier alpha value is -1.07. The molecule has 124 valence electrons. The first kappa shape index (κ1) is 16.8. The third-order valence-corrected chi connectivity index (χ3v) is 5.40. The van der Waals surface area contributed by atoms with E-state index in [1.54, 1.807) is 0 Å². The van der Waals surface area contributed by atoms with Gasteiger partial charge in [-0.3, -0.25) is 4.90 Å². The van der Waals surface area contributed by atoms with Gasteiger partial charge in [-0.05, 0) is 49.9 Å². The van der Waals surface area contributed by atoms with Crippen molar-refractivity contribution in [1.29, 1.82) is 0 Å². The van der Waals surface area contributed by atoms with Crippen molar-refractivity contribution in [3.05, 3.63) is 50.2 Å². The number of benzene rings is 1. The number of hydrogen-bond donors (Lipinski definition) is 0. The summed E-state index contributed by atoms with van der Waals surface area (Å²) in [5, 5.41) is 2.90. The van der Waals surface area contributed by atoms with Crippen molar-refractivity contribution < 1.29 is 9.47 Å². The molecular formula is C18H22ClNO2S. The highest BCUT2D eigenvalue weighted by atomic mass is 35.5. The topological polar surface area (TPSA) is 21.7 Å². The average molecular weight is 352 g/mol. The van der Waals surface area contributed by atoms with Crippen LogP contribution in [0.1, 0.15) is 35.4 Å². The van der Waals surface area contributed by atoms with Crippen LogP contribution in [0.5, 0.6) is 5.75 Å². The van der Waals surface area contributed by atoms with E-state index in [0.717, 1.165) is 35.0 Å². The van der Waals surface area contributed by atoms with Gasteiger partial charge in [-0.15, -0.1) is 11.3 Å². The number of ether oxygens (including phenoxy) is 2. The second-order valence-corrected chi connectivity index (χ2v) is 7.63. The third kappa shape index (κ3) is 3.89. The molecule has 3 nitrogen and oxygen atoms in total. The van der Waals surface area contributed by atoms with Gasteiger partial charge in [0, 0.05) is 40.2 Å². The van der Waals surface area contributed by atoms with E-state index in [-0.39, 0.29) is 0 Å². The molecule has 1 aromatic heterocycles. The molecule has 0 fully saturated rings. The lowest BCUT2D eigenvalue weighted by atomic mass is 10.1. The fourth-order valence-corrected chi connectivity index (χ4v) is 3.96. The first-order valence-electron chi connectivity index (χ1n) is 7.83. The van der Waals surface area contributed by atoms with Crippen molar-refractivity contribution in [3.63, 3.8) is 0 Å². The van der Waals surface area contributed by atoms with Crippen LogP contribution < -0.4 is 4.74 Å². The van der Waals surface area contributed by atoms with E-state index in [4.69, 9.17) is 21.1 Å². The lowest BCUT2D eigenvalue weighted by molar-refractivity contribution is -0.0176. The van der Waals surface area contributed by atoms with Crippen LogP contribution in [0.3, 0.4) is 0 Å². The average Bonchev–Trinajstić information content (AvgIpc) is 2.91. The maximum Gasteiger partial charge on any atom is 0.189 e. The third-order valence-electron chi connectivity index (χ3n) is 4.17. The summed E-state index contributed by atoms with van der Waals surface area (Å²) in [6, 6.07) is 6.57. The molecule has 5 heteroatoms. The van der Waals surface area contributed by atoms with Gasteiger partial charge in [0.1, 0.15) is 5.75 Å². The largest absolute Gasteiger partial charge is 0.467 e. The molecule has 0 spiro atoms. The van der Waals surface area contributed by atoms with Crippen LogP contribution in [-0.4, -0.2) is 17.7 Å². The van der Waals surface area contributed by atoms with E-state index in [0.29, 0.717) is 19.4 Å². The Morgan fingerprint density at radius 1 is 1.30 bits per heavy atom. The first-order chi connectivity index (χ1) is 11.0. The smallest absolute Gasteiger partial charge is 0.189 e. The van der Waals surface area contributed by atoms with Crippen LogP contribution in [0.25, 0.3) is 0 Å². The molecular weight excluding hydrogens is 330 g/mol. The molecule has 3 rings (SSSR count). The molecule has 0 saturated heterocycles.